The molecule has 2 aromatic rings. The van der Waals surface area contributed by atoms with E-state index in [0.717, 1.165) is 17.0 Å². The van der Waals surface area contributed by atoms with Gasteiger partial charge in [-0.2, -0.15) is 0 Å². The van der Waals surface area contributed by atoms with Crippen molar-refractivity contribution in [2.75, 3.05) is 24.4 Å². The number of nitrogens with two attached hydrogens (primary N) is 1. The van der Waals surface area contributed by atoms with Crippen LogP contribution in [-0.4, -0.2) is 24.1 Å². The molecule has 1 aromatic heterocycles. The number of anilines is 2. The fourth-order valence-electron chi connectivity index (χ4n) is 2.03. The maximum Gasteiger partial charge on any atom is 0.227 e. The van der Waals surface area contributed by atoms with Crippen LogP contribution in [0.3, 0.4) is 0 Å². The third-order valence-electron chi connectivity index (χ3n) is 3.11. The molecule has 0 aliphatic rings. The van der Waals surface area contributed by atoms with E-state index in [1.54, 1.807) is 0 Å². The molecule has 0 radical (unpaired) electrons. The van der Waals surface area contributed by atoms with Crippen molar-refractivity contribution < 1.29 is 4.74 Å². The van der Waals surface area contributed by atoms with E-state index in [-0.39, 0.29) is 5.92 Å². The average Bonchev–Trinajstić information content (AvgIpc) is 2.46. The van der Waals surface area contributed by atoms with Crippen LogP contribution < -0.4 is 20.9 Å². The van der Waals surface area contributed by atoms with Gasteiger partial charge in [0.05, 0.1) is 5.56 Å². The average molecular weight is 287 g/mol. The number of hydrazine groups is 1. The fraction of sp³-hybridized carbons (Fsp3) is 0.333. The van der Waals surface area contributed by atoms with Crippen molar-refractivity contribution in [2.45, 2.75) is 19.8 Å². The van der Waals surface area contributed by atoms with Crippen LogP contribution in [0, 0.1) is 0 Å². The molecular weight excluding hydrogens is 266 g/mol. The van der Waals surface area contributed by atoms with E-state index in [2.05, 4.69) is 15.4 Å². The number of hydrogen-bond acceptors (Lipinski definition) is 6. The summed E-state index contributed by atoms with van der Waals surface area (Å²) in [5, 5.41) is 0. The lowest BCUT2D eigenvalue weighted by Gasteiger charge is -2.17. The van der Waals surface area contributed by atoms with Crippen molar-refractivity contribution in [1.29, 1.82) is 0 Å². The number of aromatic nitrogens is 2. The van der Waals surface area contributed by atoms with Crippen molar-refractivity contribution in [3.8, 4) is 11.6 Å². The number of nitrogens with one attached hydrogen (secondary N) is 1. The molecule has 112 valence electrons. The van der Waals surface area contributed by atoms with Gasteiger partial charge in [-0.25, -0.2) is 15.8 Å². The van der Waals surface area contributed by atoms with Crippen LogP contribution in [0.15, 0.2) is 30.6 Å². The summed E-state index contributed by atoms with van der Waals surface area (Å²) in [5.74, 6) is 7.52. The Labute approximate surface area is 124 Å². The molecule has 0 fully saturated rings. The lowest BCUT2D eigenvalue weighted by atomic mass is 10.1. The summed E-state index contributed by atoms with van der Waals surface area (Å²) in [6.45, 7) is 4.09. The van der Waals surface area contributed by atoms with Crippen LogP contribution in [0.2, 0.25) is 0 Å². The minimum atomic E-state index is 0.185. The highest BCUT2D eigenvalue weighted by atomic mass is 16.5. The third-order valence-corrected chi connectivity index (χ3v) is 3.11. The first kappa shape index (κ1) is 15.1. The molecule has 0 amide bonds. The van der Waals surface area contributed by atoms with Crippen LogP contribution in [0.1, 0.15) is 25.3 Å². The standard InChI is InChI=1S/C15H21N5O/c1-10(2)13-14(19-16)17-9-18-15(13)21-12-7-5-6-11(8-12)20(3)4/h5-10H,16H2,1-4H3,(H,17,18,19). The zero-order valence-corrected chi connectivity index (χ0v) is 12.8. The molecule has 0 spiro atoms. The van der Waals surface area contributed by atoms with Gasteiger partial charge in [-0.05, 0) is 18.1 Å². The van der Waals surface area contributed by atoms with Gasteiger partial charge < -0.3 is 15.1 Å². The molecular formula is C15H21N5O. The van der Waals surface area contributed by atoms with Crippen molar-refractivity contribution in [2.24, 2.45) is 5.84 Å². The van der Waals surface area contributed by atoms with Gasteiger partial charge in [-0.15, -0.1) is 0 Å². The van der Waals surface area contributed by atoms with E-state index in [0.29, 0.717) is 11.7 Å². The van der Waals surface area contributed by atoms with Crippen LogP contribution in [0.5, 0.6) is 11.6 Å². The Balaban J connectivity index is 2.37. The topological polar surface area (TPSA) is 76.3 Å². The monoisotopic (exact) mass is 287 g/mol. The second-order valence-corrected chi connectivity index (χ2v) is 5.23. The second-order valence-electron chi connectivity index (χ2n) is 5.23. The number of nitrogen functional groups attached to an aromatic ring is 1. The van der Waals surface area contributed by atoms with E-state index < -0.39 is 0 Å². The summed E-state index contributed by atoms with van der Waals surface area (Å²) in [4.78, 5) is 10.4. The Morgan fingerprint density at radius 2 is 2.00 bits per heavy atom. The molecule has 0 saturated heterocycles. The molecule has 3 N–H and O–H groups in total. The lowest BCUT2D eigenvalue weighted by molar-refractivity contribution is 0.452. The van der Waals surface area contributed by atoms with E-state index in [1.165, 1.54) is 6.33 Å². The molecule has 0 unspecified atom stereocenters. The van der Waals surface area contributed by atoms with Crippen LogP contribution in [0.25, 0.3) is 0 Å². The van der Waals surface area contributed by atoms with Gasteiger partial charge in [0, 0.05) is 25.8 Å². The molecule has 6 nitrogen and oxygen atoms in total. The number of hydrogen-bond donors (Lipinski definition) is 2. The second kappa shape index (κ2) is 6.41. The first-order chi connectivity index (χ1) is 10.0. The van der Waals surface area contributed by atoms with Gasteiger partial charge in [-0.1, -0.05) is 19.9 Å². The highest BCUT2D eigenvalue weighted by Crippen LogP contribution is 2.33. The summed E-state index contributed by atoms with van der Waals surface area (Å²) in [6.07, 6.45) is 1.44. The van der Waals surface area contributed by atoms with Crippen molar-refractivity contribution in [3.63, 3.8) is 0 Å². The molecule has 0 bridgehead atoms. The number of ether oxygens (including phenoxy) is 1. The smallest absolute Gasteiger partial charge is 0.227 e. The molecule has 0 saturated carbocycles. The number of rotatable bonds is 5. The maximum atomic E-state index is 5.93. The van der Waals surface area contributed by atoms with Gasteiger partial charge in [0.25, 0.3) is 0 Å². The van der Waals surface area contributed by atoms with Crippen molar-refractivity contribution >= 4 is 11.5 Å². The minimum Gasteiger partial charge on any atom is -0.438 e. The number of nitrogens with zero attached hydrogens (tertiary/aromatic N) is 3. The Bertz CT molecular complexity index is 613. The molecule has 2 rings (SSSR count). The molecule has 21 heavy (non-hydrogen) atoms. The Hall–Kier alpha value is -2.34. The quantitative estimate of drug-likeness (QED) is 0.650. The van der Waals surface area contributed by atoms with Crippen molar-refractivity contribution in [3.05, 3.63) is 36.2 Å². The van der Waals surface area contributed by atoms with E-state index >= 15 is 0 Å². The lowest BCUT2D eigenvalue weighted by Crippen LogP contribution is -2.13. The summed E-state index contributed by atoms with van der Waals surface area (Å²) in [5.41, 5.74) is 4.51. The highest BCUT2D eigenvalue weighted by molar-refractivity contribution is 5.53. The summed E-state index contributed by atoms with van der Waals surface area (Å²) in [6, 6.07) is 7.82. The van der Waals surface area contributed by atoms with E-state index in [1.807, 2.05) is 57.1 Å². The molecule has 1 heterocycles. The fourth-order valence-corrected chi connectivity index (χ4v) is 2.03. The van der Waals surface area contributed by atoms with Gasteiger partial charge in [0.15, 0.2) is 5.82 Å². The molecule has 6 heteroatoms. The summed E-state index contributed by atoms with van der Waals surface area (Å²) in [7, 11) is 3.97. The zero-order valence-electron chi connectivity index (χ0n) is 12.8. The zero-order chi connectivity index (χ0) is 15.4. The molecule has 0 atom stereocenters. The minimum absolute atomic E-state index is 0.185. The predicted octanol–water partition coefficient (Wildman–Crippen LogP) is 2.74. The molecule has 1 aromatic carbocycles. The summed E-state index contributed by atoms with van der Waals surface area (Å²) < 4.78 is 5.93. The third kappa shape index (κ3) is 3.41. The Morgan fingerprint density at radius 3 is 2.62 bits per heavy atom. The normalized spacial score (nSPS) is 10.6. The van der Waals surface area contributed by atoms with Crippen LogP contribution in [-0.2, 0) is 0 Å². The van der Waals surface area contributed by atoms with Gasteiger partial charge in [0.2, 0.25) is 5.88 Å². The Morgan fingerprint density at radius 1 is 1.24 bits per heavy atom. The Kier molecular flexibility index (Phi) is 4.59. The first-order valence-corrected chi connectivity index (χ1v) is 6.79. The number of benzene rings is 1. The van der Waals surface area contributed by atoms with Gasteiger partial charge in [0.1, 0.15) is 12.1 Å². The SMILES string of the molecule is CC(C)c1c(NN)ncnc1Oc1cccc(N(C)C)c1. The van der Waals surface area contributed by atoms with E-state index in [4.69, 9.17) is 10.6 Å². The van der Waals surface area contributed by atoms with Crippen LogP contribution in [0.4, 0.5) is 11.5 Å². The maximum absolute atomic E-state index is 5.93. The van der Waals surface area contributed by atoms with Gasteiger partial charge in [-0.3, -0.25) is 0 Å². The molecule has 0 aliphatic carbocycles. The largest absolute Gasteiger partial charge is 0.438 e. The summed E-state index contributed by atoms with van der Waals surface area (Å²) >= 11 is 0. The molecule has 0 aliphatic heterocycles. The van der Waals surface area contributed by atoms with E-state index in [9.17, 15) is 0 Å². The predicted molar refractivity (Wildman–Crippen MR) is 84.8 cm³/mol. The first-order valence-electron chi connectivity index (χ1n) is 6.79. The highest BCUT2D eigenvalue weighted by Gasteiger charge is 2.16. The van der Waals surface area contributed by atoms with Gasteiger partial charge >= 0.3 is 0 Å². The van der Waals surface area contributed by atoms with Crippen molar-refractivity contribution in [1.82, 2.24) is 9.97 Å². The van der Waals surface area contributed by atoms with Crippen LogP contribution >= 0.6 is 0 Å².